The van der Waals surface area contributed by atoms with Crippen molar-refractivity contribution in [3.8, 4) is 0 Å². The largest absolute Gasteiger partial charge is 0.229 e. The van der Waals surface area contributed by atoms with E-state index in [1.165, 1.54) is 17.5 Å². The summed E-state index contributed by atoms with van der Waals surface area (Å²) in [7, 11) is -3.32. The highest BCUT2D eigenvalue weighted by Gasteiger charge is 2.20. The monoisotopic (exact) mass is 271 g/mol. The third kappa shape index (κ3) is 3.72. The molecule has 1 aromatic rings. The molecule has 0 spiro atoms. The summed E-state index contributed by atoms with van der Waals surface area (Å²) >= 11 is 1.71. The van der Waals surface area contributed by atoms with Gasteiger partial charge in [0.05, 0.1) is 5.75 Å². The Hall–Kier alpha value is -0.520. The molecule has 1 atom stereocenters. The predicted octanol–water partition coefficient (Wildman–Crippen LogP) is 2.09. The van der Waals surface area contributed by atoms with Crippen LogP contribution in [0.4, 0.5) is 0 Å². The SMILES string of the molecule is NS(=O)(=O)CCS[C@@H]1CCCc2ccccc21. The first-order valence-corrected chi connectivity index (χ1v) is 8.52. The Morgan fingerprint density at radius 3 is 2.88 bits per heavy atom. The van der Waals surface area contributed by atoms with Gasteiger partial charge in [-0.3, -0.25) is 0 Å². The third-order valence-corrected chi connectivity index (χ3v) is 5.36. The van der Waals surface area contributed by atoms with Crippen molar-refractivity contribution in [1.29, 1.82) is 0 Å². The normalized spacial score (nSPS) is 19.9. The molecule has 94 valence electrons. The second-order valence-electron chi connectivity index (χ2n) is 4.32. The standard InChI is InChI=1S/C12H17NO2S2/c13-17(14,15)9-8-16-12-7-3-5-10-4-1-2-6-11(10)12/h1-2,4,6,12H,3,5,7-9H2,(H2,13,14,15)/t12-/m1/s1. The van der Waals surface area contributed by atoms with Crippen molar-refractivity contribution >= 4 is 21.8 Å². The molecule has 1 aliphatic rings. The van der Waals surface area contributed by atoms with Crippen molar-refractivity contribution < 1.29 is 8.42 Å². The molecule has 1 aromatic carbocycles. The summed E-state index contributed by atoms with van der Waals surface area (Å²) in [6.45, 7) is 0. The van der Waals surface area contributed by atoms with Gasteiger partial charge < -0.3 is 0 Å². The first kappa shape index (κ1) is 12.9. The van der Waals surface area contributed by atoms with Crippen LogP contribution in [0.1, 0.15) is 29.2 Å². The fourth-order valence-electron chi connectivity index (χ4n) is 2.19. The minimum atomic E-state index is -3.32. The average molecular weight is 271 g/mol. The van der Waals surface area contributed by atoms with Gasteiger partial charge in [-0.25, -0.2) is 13.6 Å². The minimum Gasteiger partial charge on any atom is -0.229 e. The number of rotatable bonds is 4. The van der Waals surface area contributed by atoms with Crippen molar-refractivity contribution in [2.45, 2.75) is 24.5 Å². The second-order valence-corrected chi connectivity index (χ2v) is 7.36. The zero-order valence-electron chi connectivity index (χ0n) is 9.63. The Labute approximate surface area is 107 Å². The summed E-state index contributed by atoms with van der Waals surface area (Å²) in [6, 6.07) is 8.44. The number of nitrogens with two attached hydrogens (primary N) is 1. The molecule has 2 rings (SSSR count). The molecule has 0 aliphatic heterocycles. The lowest BCUT2D eigenvalue weighted by Crippen LogP contribution is -2.18. The van der Waals surface area contributed by atoms with Crippen LogP contribution in [0.3, 0.4) is 0 Å². The number of benzene rings is 1. The molecule has 0 heterocycles. The van der Waals surface area contributed by atoms with Gasteiger partial charge in [0, 0.05) is 11.0 Å². The number of sulfonamides is 1. The molecule has 3 nitrogen and oxygen atoms in total. The van der Waals surface area contributed by atoms with E-state index in [1.807, 2.05) is 0 Å². The summed E-state index contributed by atoms with van der Waals surface area (Å²) in [6.07, 6.45) is 3.46. The number of thioether (sulfide) groups is 1. The van der Waals surface area contributed by atoms with Crippen molar-refractivity contribution in [2.75, 3.05) is 11.5 Å². The third-order valence-electron chi connectivity index (χ3n) is 3.00. The van der Waals surface area contributed by atoms with Gasteiger partial charge in [0.2, 0.25) is 10.0 Å². The van der Waals surface area contributed by atoms with E-state index >= 15 is 0 Å². The Morgan fingerprint density at radius 2 is 2.12 bits per heavy atom. The lowest BCUT2D eigenvalue weighted by Gasteiger charge is -2.24. The van der Waals surface area contributed by atoms with Gasteiger partial charge >= 0.3 is 0 Å². The van der Waals surface area contributed by atoms with E-state index in [0.29, 0.717) is 11.0 Å². The molecule has 0 aromatic heterocycles. The van der Waals surface area contributed by atoms with E-state index in [0.717, 1.165) is 12.8 Å². The maximum Gasteiger partial charge on any atom is 0.209 e. The second kappa shape index (κ2) is 5.42. The van der Waals surface area contributed by atoms with E-state index in [4.69, 9.17) is 5.14 Å². The fraction of sp³-hybridized carbons (Fsp3) is 0.500. The van der Waals surface area contributed by atoms with E-state index in [9.17, 15) is 8.42 Å². The fourth-order valence-corrected chi connectivity index (χ4v) is 4.53. The van der Waals surface area contributed by atoms with Gasteiger partial charge in [-0.2, -0.15) is 11.8 Å². The highest BCUT2D eigenvalue weighted by molar-refractivity contribution is 8.00. The van der Waals surface area contributed by atoms with Gasteiger partial charge in [-0.1, -0.05) is 24.3 Å². The van der Waals surface area contributed by atoms with Crippen molar-refractivity contribution in [1.82, 2.24) is 0 Å². The lowest BCUT2D eigenvalue weighted by atomic mass is 9.91. The van der Waals surface area contributed by atoms with Crippen LogP contribution in [0.2, 0.25) is 0 Å². The molecule has 0 saturated carbocycles. The Balaban J connectivity index is 1.99. The van der Waals surface area contributed by atoms with E-state index in [1.54, 1.807) is 11.8 Å². The zero-order chi connectivity index (χ0) is 12.3. The van der Waals surface area contributed by atoms with Gasteiger partial charge in [-0.05, 0) is 30.4 Å². The molecular formula is C12H17NO2S2. The van der Waals surface area contributed by atoms with Crippen LogP contribution in [0, 0.1) is 0 Å². The number of hydrogen-bond acceptors (Lipinski definition) is 3. The van der Waals surface area contributed by atoms with Crippen LogP contribution in [0.5, 0.6) is 0 Å². The average Bonchev–Trinajstić information content (AvgIpc) is 2.28. The van der Waals surface area contributed by atoms with Crippen LogP contribution < -0.4 is 5.14 Å². The topological polar surface area (TPSA) is 60.2 Å². The molecule has 0 saturated heterocycles. The first-order valence-electron chi connectivity index (χ1n) is 5.76. The molecule has 1 aliphatic carbocycles. The van der Waals surface area contributed by atoms with Crippen LogP contribution in [-0.2, 0) is 16.4 Å². The van der Waals surface area contributed by atoms with Crippen LogP contribution in [0.15, 0.2) is 24.3 Å². The molecule has 0 bridgehead atoms. The number of fused-ring (bicyclic) bond motifs is 1. The van der Waals surface area contributed by atoms with Crippen molar-refractivity contribution in [2.24, 2.45) is 5.14 Å². The highest BCUT2D eigenvalue weighted by atomic mass is 32.2. The van der Waals surface area contributed by atoms with E-state index in [2.05, 4.69) is 24.3 Å². The van der Waals surface area contributed by atoms with Crippen LogP contribution in [0.25, 0.3) is 0 Å². The van der Waals surface area contributed by atoms with Crippen LogP contribution >= 0.6 is 11.8 Å². The van der Waals surface area contributed by atoms with Gasteiger partial charge in [0.25, 0.3) is 0 Å². The van der Waals surface area contributed by atoms with Gasteiger partial charge in [-0.15, -0.1) is 0 Å². The summed E-state index contributed by atoms with van der Waals surface area (Å²) in [5.41, 5.74) is 2.78. The Kier molecular flexibility index (Phi) is 4.12. The maximum atomic E-state index is 10.9. The van der Waals surface area contributed by atoms with Gasteiger partial charge in [0.1, 0.15) is 0 Å². The summed E-state index contributed by atoms with van der Waals surface area (Å²) in [5.74, 6) is 0.647. The maximum absolute atomic E-state index is 10.9. The van der Waals surface area contributed by atoms with E-state index in [-0.39, 0.29) is 5.75 Å². The highest BCUT2D eigenvalue weighted by Crippen LogP contribution is 2.39. The summed E-state index contributed by atoms with van der Waals surface area (Å²) in [4.78, 5) is 0. The molecular weight excluding hydrogens is 254 g/mol. The molecule has 0 fully saturated rings. The zero-order valence-corrected chi connectivity index (χ0v) is 11.3. The number of primary sulfonamides is 1. The first-order chi connectivity index (χ1) is 8.06. The number of aryl methyl sites for hydroxylation is 1. The summed E-state index contributed by atoms with van der Waals surface area (Å²) < 4.78 is 21.8. The van der Waals surface area contributed by atoms with Crippen molar-refractivity contribution in [3.05, 3.63) is 35.4 Å². The lowest BCUT2D eigenvalue weighted by molar-refractivity contribution is 0.599. The van der Waals surface area contributed by atoms with Gasteiger partial charge in [0.15, 0.2) is 0 Å². The Bertz CT molecular complexity index is 485. The smallest absolute Gasteiger partial charge is 0.209 e. The predicted molar refractivity (Wildman–Crippen MR) is 72.6 cm³/mol. The van der Waals surface area contributed by atoms with Crippen LogP contribution in [-0.4, -0.2) is 19.9 Å². The molecule has 5 heteroatoms. The molecule has 0 radical (unpaired) electrons. The minimum absolute atomic E-state index is 0.0658. The molecule has 0 unspecified atom stereocenters. The molecule has 17 heavy (non-hydrogen) atoms. The summed E-state index contributed by atoms with van der Waals surface area (Å²) in [5, 5.41) is 5.44. The quantitative estimate of drug-likeness (QED) is 0.912. The number of hydrogen-bond donors (Lipinski definition) is 1. The Morgan fingerprint density at radius 1 is 1.35 bits per heavy atom. The molecule has 0 amide bonds. The van der Waals surface area contributed by atoms with Crippen molar-refractivity contribution in [3.63, 3.8) is 0 Å². The molecule has 2 N–H and O–H groups in total. The van der Waals surface area contributed by atoms with E-state index < -0.39 is 10.0 Å².